The minimum absolute atomic E-state index is 0.0297. The predicted octanol–water partition coefficient (Wildman–Crippen LogP) is 1.50. The first-order valence-corrected chi connectivity index (χ1v) is 3.96. The van der Waals surface area contributed by atoms with Gasteiger partial charge in [-0.15, -0.1) is 0 Å². The number of anilines is 1. The van der Waals surface area contributed by atoms with Gasteiger partial charge in [-0.25, -0.2) is 4.39 Å². The van der Waals surface area contributed by atoms with Gasteiger partial charge < -0.3 is 10.8 Å². The number of hydrogen-bond acceptors (Lipinski definition) is 3. The Labute approximate surface area is 79.2 Å². The topological polar surface area (TPSA) is 74.9 Å². The van der Waals surface area contributed by atoms with Crippen molar-refractivity contribution in [3.05, 3.63) is 30.1 Å². The van der Waals surface area contributed by atoms with E-state index in [4.69, 9.17) is 5.73 Å². The van der Waals surface area contributed by atoms with Gasteiger partial charge >= 0.3 is 0 Å². The van der Waals surface area contributed by atoms with Gasteiger partial charge in [-0.1, -0.05) is 0 Å². The van der Waals surface area contributed by atoms with E-state index in [1.807, 2.05) is 0 Å². The van der Waals surface area contributed by atoms with Crippen LogP contribution in [0.2, 0.25) is 0 Å². The molecule has 14 heavy (non-hydrogen) atoms. The summed E-state index contributed by atoms with van der Waals surface area (Å²) in [7, 11) is 0. The molecule has 0 atom stereocenters. The van der Waals surface area contributed by atoms with Gasteiger partial charge in [-0.2, -0.15) is 5.10 Å². The van der Waals surface area contributed by atoms with E-state index < -0.39 is 5.82 Å². The molecule has 4 N–H and O–H groups in total. The molecule has 0 unspecified atom stereocenters. The second-order valence-corrected chi connectivity index (χ2v) is 2.87. The Morgan fingerprint density at radius 2 is 2.14 bits per heavy atom. The van der Waals surface area contributed by atoms with E-state index in [0.717, 1.165) is 0 Å². The summed E-state index contributed by atoms with van der Waals surface area (Å²) in [5, 5.41) is 15.8. The maximum absolute atomic E-state index is 12.9. The molecule has 1 heterocycles. The fourth-order valence-corrected chi connectivity index (χ4v) is 1.19. The summed E-state index contributed by atoms with van der Waals surface area (Å²) in [5.74, 6) is -0.0964. The maximum Gasteiger partial charge on any atom is 0.125 e. The van der Waals surface area contributed by atoms with Crippen LogP contribution in [0, 0.1) is 5.82 Å². The standard InChI is InChI=1S/C9H8FN3O/c10-5-1-2-8(14)6(3-5)7-4-9(11)13-12-7/h1-4,14H,(H3,11,12,13). The molecular weight excluding hydrogens is 185 g/mol. The van der Waals surface area contributed by atoms with Gasteiger partial charge in [0, 0.05) is 11.6 Å². The molecule has 0 saturated heterocycles. The van der Waals surface area contributed by atoms with Crippen LogP contribution in [0.4, 0.5) is 10.2 Å². The largest absolute Gasteiger partial charge is 0.507 e. The number of halogens is 1. The molecule has 0 spiro atoms. The Morgan fingerprint density at radius 3 is 2.79 bits per heavy atom. The number of benzene rings is 1. The molecule has 0 saturated carbocycles. The molecule has 0 aliphatic rings. The highest BCUT2D eigenvalue weighted by Crippen LogP contribution is 2.28. The van der Waals surface area contributed by atoms with E-state index in [-0.39, 0.29) is 5.75 Å². The van der Waals surface area contributed by atoms with E-state index in [1.165, 1.54) is 24.3 Å². The number of nitrogens with zero attached hydrogens (tertiary/aromatic N) is 1. The van der Waals surface area contributed by atoms with Gasteiger partial charge in [0.25, 0.3) is 0 Å². The lowest BCUT2D eigenvalue weighted by molar-refractivity contribution is 0.475. The van der Waals surface area contributed by atoms with Crippen LogP contribution in [0.15, 0.2) is 24.3 Å². The number of phenols is 1. The second-order valence-electron chi connectivity index (χ2n) is 2.87. The summed E-state index contributed by atoms with van der Waals surface area (Å²) in [6, 6.07) is 5.17. The molecule has 1 aromatic heterocycles. The van der Waals surface area contributed by atoms with Crippen LogP contribution in [0.3, 0.4) is 0 Å². The molecule has 2 rings (SSSR count). The second kappa shape index (κ2) is 3.02. The lowest BCUT2D eigenvalue weighted by Gasteiger charge is -1.99. The van der Waals surface area contributed by atoms with Crippen molar-refractivity contribution < 1.29 is 9.50 Å². The first-order chi connectivity index (χ1) is 6.66. The number of phenolic OH excluding ortho intramolecular Hbond substituents is 1. The highest BCUT2D eigenvalue weighted by atomic mass is 19.1. The van der Waals surface area contributed by atoms with Crippen molar-refractivity contribution in [3.63, 3.8) is 0 Å². The number of nitrogens with two attached hydrogens (primary N) is 1. The molecule has 72 valence electrons. The average molecular weight is 193 g/mol. The number of rotatable bonds is 1. The van der Waals surface area contributed by atoms with E-state index in [2.05, 4.69) is 10.2 Å². The van der Waals surface area contributed by atoms with Crippen molar-refractivity contribution in [3.8, 4) is 17.0 Å². The molecule has 0 amide bonds. The Bertz CT molecular complexity index is 467. The molecule has 0 fully saturated rings. The van der Waals surface area contributed by atoms with Crippen LogP contribution >= 0.6 is 0 Å². The van der Waals surface area contributed by atoms with Gasteiger partial charge in [0.1, 0.15) is 17.4 Å². The summed E-state index contributed by atoms with van der Waals surface area (Å²) in [6.07, 6.45) is 0. The number of H-pyrrole nitrogens is 1. The van der Waals surface area contributed by atoms with Crippen molar-refractivity contribution in [1.82, 2.24) is 10.2 Å². The molecular formula is C9H8FN3O. The minimum Gasteiger partial charge on any atom is -0.507 e. The van der Waals surface area contributed by atoms with Crippen LogP contribution in [0.1, 0.15) is 0 Å². The van der Waals surface area contributed by atoms with E-state index in [0.29, 0.717) is 17.1 Å². The molecule has 4 nitrogen and oxygen atoms in total. The van der Waals surface area contributed by atoms with Crippen molar-refractivity contribution in [2.24, 2.45) is 0 Å². The van der Waals surface area contributed by atoms with Crippen molar-refractivity contribution in [2.75, 3.05) is 5.73 Å². The Balaban J connectivity index is 2.55. The third-order valence-corrected chi connectivity index (χ3v) is 1.83. The fourth-order valence-electron chi connectivity index (χ4n) is 1.19. The molecule has 5 heteroatoms. The first-order valence-electron chi connectivity index (χ1n) is 3.96. The van der Waals surface area contributed by atoms with Gasteiger partial charge in [0.2, 0.25) is 0 Å². The number of aromatic amines is 1. The number of nitrogens with one attached hydrogen (secondary N) is 1. The van der Waals surface area contributed by atoms with Crippen LogP contribution in [0.25, 0.3) is 11.3 Å². The van der Waals surface area contributed by atoms with Crippen molar-refractivity contribution in [2.45, 2.75) is 0 Å². The minimum atomic E-state index is -0.431. The predicted molar refractivity (Wildman–Crippen MR) is 50.1 cm³/mol. The molecule has 0 aliphatic heterocycles. The Morgan fingerprint density at radius 1 is 1.36 bits per heavy atom. The highest BCUT2D eigenvalue weighted by Gasteiger charge is 2.08. The number of aromatic nitrogens is 2. The molecule has 0 aliphatic carbocycles. The lowest BCUT2D eigenvalue weighted by atomic mass is 10.1. The van der Waals surface area contributed by atoms with Gasteiger partial charge in [-0.05, 0) is 18.2 Å². The molecule has 0 bridgehead atoms. The smallest absolute Gasteiger partial charge is 0.125 e. The van der Waals surface area contributed by atoms with Crippen LogP contribution < -0.4 is 5.73 Å². The first kappa shape index (κ1) is 8.55. The summed E-state index contributed by atoms with van der Waals surface area (Å²) < 4.78 is 12.9. The third-order valence-electron chi connectivity index (χ3n) is 1.83. The summed E-state index contributed by atoms with van der Waals surface area (Å²) in [5.41, 5.74) is 6.14. The molecule has 1 aromatic carbocycles. The zero-order valence-corrected chi connectivity index (χ0v) is 7.16. The summed E-state index contributed by atoms with van der Waals surface area (Å²) in [6.45, 7) is 0. The Kier molecular flexibility index (Phi) is 1.85. The summed E-state index contributed by atoms with van der Waals surface area (Å²) in [4.78, 5) is 0. The number of hydrogen-bond donors (Lipinski definition) is 3. The maximum atomic E-state index is 12.9. The van der Waals surface area contributed by atoms with Crippen LogP contribution in [-0.2, 0) is 0 Å². The number of nitrogen functional groups attached to an aromatic ring is 1. The van der Waals surface area contributed by atoms with Gasteiger partial charge in [-0.3, -0.25) is 5.10 Å². The normalized spacial score (nSPS) is 10.4. The monoisotopic (exact) mass is 193 g/mol. The van der Waals surface area contributed by atoms with E-state index in [1.54, 1.807) is 0 Å². The highest BCUT2D eigenvalue weighted by molar-refractivity contribution is 5.68. The van der Waals surface area contributed by atoms with Gasteiger partial charge in [0.15, 0.2) is 0 Å². The molecule has 0 radical (unpaired) electrons. The zero-order valence-electron chi connectivity index (χ0n) is 7.16. The summed E-state index contributed by atoms with van der Waals surface area (Å²) >= 11 is 0. The van der Waals surface area contributed by atoms with Gasteiger partial charge in [0.05, 0.1) is 5.69 Å². The Hall–Kier alpha value is -2.04. The van der Waals surface area contributed by atoms with E-state index in [9.17, 15) is 9.50 Å². The SMILES string of the molecule is Nc1cc(-c2cc(F)ccc2O)n[nH]1. The quantitative estimate of drug-likeness (QED) is 0.642. The third kappa shape index (κ3) is 1.39. The lowest BCUT2D eigenvalue weighted by Crippen LogP contribution is -1.81. The van der Waals surface area contributed by atoms with Crippen molar-refractivity contribution >= 4 is 5.82 Å². The zero-order chi connectivity index (χ0) is 10.1. The van der Waals surface area contributed by atoms with Crippen molar-refractivity contribution in [1.29, 1.82) is 0 Å². The van der Waals surface area contributed by atoms with Crippen LogP contribution in [-0.4, -0.2) is 15.3 Å². The molecule has 2 aromatic rings. The van der Waals surface area contributed by atoms with E-state index >= 15 is 0 Å². The average Bonchev–Trinajstić information content (AvgIpc) is 2.56. The number of aromatic hydroxyl groups is 1. The van der Waals surface area contributed by atoms with Crippen LogP contribution in [0.5, 0.6) is 5.75 Å². The fraction of sp³-hybridized carbons (Fsp3) is 0.